The van der Waals surface area contributed by atoms with Crippen LogP contribution in [0.4, 0.5) is 5.69 Å². The van der Waals surface area contributed by atoms with E-state index in [1.165, 1.54) is 24.9 Å². The summed E-state index contributed by atoms with van der Waals surface area (Å²) < 4.78 is 0. The first kappa shape index (κ1) is 13.5. The lowest BCUT2D eigenvalue weighted by molar-refractivity contribution is -0.139. The minimum Gasteiger partial charge on any atom is -0.374 e. The highest BCUT2D eigenvalue weighted by molar-refractivity contribution is 5.77. The summed E-state index contributed by atoms with van der Waals surface area (Å²) in [5.41, 5.74) is 1.18. The summed E-state index contributed by atoms with van der Waals surface area (Å²) in [5, 5.41) is 0. The van der Waals surface area contributed by atoms with Crippen molar-refractivity contribution in [2.24, 2.45) is 11.8 Å². The topological polar surface area (TPSA) is 23.6 Å². The van der Waals surface area contributed by atoms with E-state index in [2.05, 4.69) is 24.1 Å². The van der Waals surface area contributed by atoms with Crippen LogP contribution in [-0.2, 0) is 4.79 Å². The Labute approximate surface area is 121 Å². The Bertz CT molecular complexity index is 449. The van der Waals surface area contributed by atoms with Crippen molar-refractivity contribution < 1.29 is 4.79 Å². The highest BCUT2D eigenvalue weighted by Crippen LogP contribution is 2.38. The maximum atomic E-state index is 12.1. The Balaban J connectivity index is 1.39. The number of amides is 1. The minimum absolute atomic E-state index is 0.323. The Morgan fingerprint density at radius 1 is 1.20 bits per heavy atom. The van der Waals surface area contributed by atoms with E-state index in [0.29, 0.717) is 12.3 Å². The minimum atomic E-state index is 0.323. The average Bonchev–Trinajstić information content (AvgIpc) is 2.38. The number of benzene rings is 1. The zero-order chi connectivity index (χ0) is 13.9. The van der Waals surface area contributed by atoms with Gasteiger partial charge < -0.3 is 9.80 Å². The van der Waals surface area contributed by atoms with Crippen LogP contribution in [0.25, 0.3) is 0 Å². The van der Waals surface area contributed by atoms with E-state index in [4.69, 9.17) is 0 Å². The third-order valence-electron chi connectivity index (χ3n) is 4.94. The van der Waals surface area contributed by atoms with Crippen molar-refractivity contribution >= 4 is 11.6 Å². The van der Waals surface area contributed by atoms with Crippen molar-refractivity contribution in [2.75, 3.05) is 31.6 Å². The summed E-state index contributed by atoms with van der Waals surface area (Å²) in [6, 6.07) is 10.3. The first-order valence-corrected chi connectivity index (χ1v) is 7.78. The number of nitrogens with zero attached hydrogens (tertiary/aromatic N) is 2. The fraction of sp³-hybridized carbons (Fsp3) is 0.588. The molecule has 3 rings (SSSR count). The van der Waals surface area contributed by atoms with Gasteiger partial charge in [0, 0.05) is 38.8 Å². The van der Waals surface area contributed by atoms with Gasteiger partial charge >= 0.3 is 0 Å². The molecule has 0 radical (unpaired) electrons. The van der Waals surface area contributed by atoms with Crippen LogP contribution in [0.15, 0.2) is 30.3 Å². The monoisotopic (exact) mass is 272 g/mol. The van der Waals surface area contributed by atoms with Gasteiger partial charge in [-0.05, 0) is 24.0 Å². The second-order valence-corrected chi connectivity index (χ2v) is 6.26. The Morgan fingerprint density at radius 3 is 2.50 bits per heavy atom. The van der Waals surface area contributed by atoms with Crippen LogP contribution >= 0.6 is 0 Å². The molecule has 1 saturated heterocycles. The molecule has 1 heterocycles. The number of likely N-dealkylation sites (tertiary alicyclic amines) is 1. The highest BCUT2D eigenvalue weighted by Gasteiger charge is 2.37. The van der Waals surface area contributed by atoms with E-state index in [-0.39, 0.29) is 0 Å². The van der Waals surface area contributed by atoms with E-state index in [1.54, 1.807) is 0 Å². The first-order valence-electron chi connectivity index (χ1n) is 7.78. The summed E-state index contributed by atoms with van der Waals surface area (Å²) in [4.78, 5) is 16.3. The van der Waals surface area contributed by atoms with Crippen LogP contribution in [0.2, 0.25) is 0 Å². The van der Waals surface area contributed by atoms with Crippen LogP contribution in [0.5, 0.6) is 0 Å². The van der Waals surface area contributed by atoms with Gasteiger partial charge in [-0.2, -0.15) is 0 Å². The van der Waals surface area contributed by atoms with Gasteiger partial charge in [0.25, 0.3) is 0 Å². The summed E-state index contributed by atoms with van der Waals surface area (Å²) in [7, 11) is 2.05. The molecule has 3 heteroatoms. The quantitative estimate of drug-likeness (QED) is 0.823. The number of carbonyl (C=O) groups is 1. The molecule has 0 atom stereocenters. The predicted molar refractivity (Wildman–Crippen MR) is 81.7 cm³/mol. The van der Waals surface area contributed by atoms with Crippen LogP contribution in [0.1, 0.15) is 25.7 Å². The molecule has 1 aliphatic heterocycles. The third-order valence-corrected chi connectivity index (χ3v) is 4.94. The zero-order valence-electron chi connectivity index (χ0n) is 12.3. The number of hydrogen-bond donors (Lipinski definition) is 0. The van der Waals surface area contributed by atoms with Crippen LogP contribution < -0.4 is 4.90 Å². The van der Waals surface area contributed by atoms with E-state index in [9.17, 15) is 4.79 Å². The molecule has 1 amide bonds. The van der Waals surface area contributed by atoms with Crippen LogP contribution in [0, 0.1) is 11.8 Å². The van der Waals surface area contributed by atoms with Crippen LogP contribution in [-0.4, -0.2) is 37.5 Å². The number of carbonyl (C=O) groups excluding carboxylic acids is 1. The van der Waals surface area contributed by atoms with Gasteiger partial charge in [0.2, 0.25) is 5.91 Å². The standard InChI is InChI=1S/C17H24N2O/c1-18(16-8-3-2-4-9-16)11-10-17(20)19-12-15(13-19)14-6-5-7-14/h2-4,8-9,14-15H,5-7,10-13H2,1H3. The Hall–Kier alpha value is -1.51. The highest BCUT2D eigenvalue weighted by atomic mass is 16.2. The number of para-hydroxylation sites is 1. The maximum absolute atomic E-state index is 12.1. The fourth-order valence-corrected chi connectivity index (χ4v) is 3.16. The van der Waals surface area contributed by atoms with E-state index < -0.39 is 0 Å². The molecule has 108 valence electrons. The second-order valence-electron chi connectivity index (χ2n) is 6.26. The molecule has 2 fully saturated rings. The normalized spacial score (nSPS) is 19.4. The molecular weight excluding hydrogens is 248 g/mol. The van der Waals surface area contributed by atoms with Crippen molar-refractivity contribution in [3.8, 4) is 0 Å². The van der Waals surface area contributed by atoms with Crippen molar-refractivity contribution in [1.29, 1.82) is 0 Å². The molecule has 1 aliphatic carbocycles. The van der Waals surface area contributed by atoms with Gasteiger partial charge in [0.05, 0.1) is 0 Å². The first-order chi connectivity index (χ1) is 9.74. The lowest BCUT2D eigenvalue weighted by Crippen LogP contribution is -2.54. The SMILES string of the molecule is CN(CCC(=O)N1CC(C2CCC2)C1)c1ccccc1. The lowest BCUT2D eigenvalue weighted by atomic mass is 9.72. The molecule has 0 bridgehead atoms. The molecule has 3 nitrogen and oxygen atoms in total. The molecule has 0 unspecified atom stereocenters. The van der Waals surface area contributed by atoms with Gasteiger partial charge in [-0.25, -0.2) is 0 Å². The summed E-state index contributed by atoms with van der Waals surface area (Å²) in [6.07, 6.45) is 4.81. The smallest absolute Gasteiger partial charge is 0.224 e. The van der Waals surface area contributed by atoms with Crippen molar-refractivity contribution in [3.63, 3.8) is 0 Å². The molecule has 2 aliphatic rings. The number of hydrogen-bond acceptors (Lipinski definition) is 2. The third kappa shape index (κ3) is 2.82. The van der Waals surface area contributed by atoms with E-state index in [1.807, 2.05) is 23.1 Å². The Kier molecular flexibility index (Phi) is 3.95. The van der Waals surface area contributed by atoms with Gasteiger partial charge in [-0.3, -0.25) is 4.79 Å². The van der Waals surface area contributed by atoms with Crippen LogP contribution in [0.3, 0.4) is 0 Å². The van der Waals surface area contributed by atoms with Crippen molar-refractivity contribution in [3.05, 3.63) is 30.3 Å². The second kappa shape index (κ2) is 5.86. The van der Waals surface area contributed by atoms with E-state index >= 15 is 0 Å². The number of rotatable bonds is 5. The number of anilines is 1. The molecule has 0 spiro atoms. The van der Waals surface area contributed by atoms with Crippen molar-refractivity contribution in [1.82, 2.24) is 4.90 Å². The van der Waals surface area contributed by atoms with Gasteiger partial charge in [-0.15, -0.1) is 0 Å². The summed E-state index contributed by atoms with van der Waals surface area (Å²) >= 11 is 0. The largest absolute Gasteiger partial charge is 0.374 e. The van der Waals surface area contributed by atoms with E-state index in [0.717, 1.165) is 31.5 Å². The Morgan fingerprint density at radius 2 is 1.90 bits per heavy atom. The molecular formula is C17H24N2O. The van der Waals surface area contributed by atoms with Gasteiger partial charge in [-0.1, -0.05) is 37.5 Å². The molecule has 1 saturated carbocycles. The fourth-order valence-electron chi connectivity index (χ4n) is 3.16. The molecule has 20 heavy (non-hydrogen) atoms. The molecule has 1 aromatic carbocycles. The van der Waals surface area contributed by atoms with Gasteiger partial charge in [0.15, 0.2) is 0 Å². The maximum Gasteiger partial charge on any atom is 0.224 e. The average molecular weight is 272 g/mol. The summed E-state index contributed by atoms with van der Waals surface area (Å²) in [5.74, 6) is 2.05. The zero-order valence-corrected chi connectivity index (χ0v) is 12.3. The molecule has 0 N–H and O–H groups in total. The molecule has 1 aromatic rings. The lowest BCUT2D eigenvalue weighted by Gasteiger charge is -2.46. The molecule has 0 aromatic heterocycles. The van der Waals surface area contributed by atoms with Crippen molar-refractivity contribution in [2.45, 2.75) is 25.7 Å². The predicted octanol–water partition coefficient (Wildman–Crippen LogP) is 2.77. The van der Waals surface area contributed by atoms with Gasteiger partial charge in [0.1, 0.15) is 0 Å². The summed E-state index contributed by atoms with van der Waals surface area (Å²) in [6.45, 7) is 2.82.